The summed E-state index contributed by atoms with van der Waals surface area (Å²) in [5.74, 6) is 0.657. The van der Waals surface area contributed by atoms with Crippen LogP contribution in [0, 0.1) is 17.2 Å². The zero-order valence-electron chi connectivity index (χ0n) is 9.21. The number of nitriles is 1. The van der Waals surface area contributed by atoms with Crippen molar-refractivity contribution in [3.05, 3.63) is 0 Å². The number of rotatable bonds is 5. The molecule has 0 spiro atoms. The first-order valence-corrected chi connectivity index (χ1v) is 5.24. The van der Waals surface area contributed by atoms with E-state index < -0.39 is 0 Å². The van der Waals surface area contributed by atoms with Gasteiger partial charge in [-0.2, -0.15) is 5.26 Å². The van der Waals surface area contributed by atoms with Gasteiger partial charge in [-0.25, -0.2) is 0 Å². The highest BCUT2D eigenvalue weighted by atomic mass is 16.2. The minimum atomic E-state index is 0.250. The molecular weight excluding hydrogens is 162 g/mol. The van der Waals surface area contributed by atoms with E-state index in [2.05, 4.69) is 19.9 Å². The Kier molecular flexibility index (Phi) is 16.1. The summed E-state index contributed by atoms with van der Waals surface area (Å²) in [6.07, 6.45) is 5.67. The Morgan fingerprint density at radius 3 is 2.15 bits per heavy atom. The molecule has 1 N–H and O–H groups in total. The van der Waals surface area contributed by atoms with Gasteiger partial charge >= 0.3 is 0 Å². The largest absolute Gasteiger partial charge is 0.397 e. The van der Waals surface area contributed by atoms with Crippen LogP contribution in [0.4, 0.5) is 0 Å². The molecule has 1 atom stereocenters. The molecule has 0 aliphatic carbocycles. The lowest BCUT2D eigenvalue weighted by molar-refractivity contribution is 0.318. The van der Waals surface area contributed by atoms with E-state index in [0.717, 1.165) is 12.8 Å². The molecule has 0 fully saturated rings. The number of aliphatic hydroxyl groups is 1. The summed E-state index contributed by atoms with van der Waals surface area (Å²) in [5.41, 5.74) is 0. The van der Waals surface area contributed by atoms with Crippen molar-refractivity contribution >= 4 is 0 Å². The topological polar surface area (TPSA) is 44.0 Å². The summed E-state index contributed by atoms with van der Waals surface area (Å²) < 4.78 is 0. The Balaban J connectivity index is 0. The smallest absolute Gasteiger partial charge is 0.0624 e. The van der Waals surface area contributed by atoms with Gasteiger partial charge in [0, 0.05) is 13.0 Å². The summed E-state index contributed by atoms with van der Waals surface area (Å²) in [7, 11) is 0. The monoisotopic (exact) mass is 185 g/mol. The first kappa shape index (κ1) is 14.9. The van der Waals surface area contributed by atoms with E-state index in [1.807, 2.05) is 0 Å². The Morgan fingerprint density at radius 2 is 1.85 bits per heavy atom. The third kappa shape index (κ3) is 14.3. The maximum Gasteiger partial charge on any atom is 0.0624 e. The van der Waals surface area contributed by atoms with E-state index in [1.54, 1.807) is 6.92 Å². The Morgan fingerprint density at radius 1 is 1.31 bits per heavy atom. The third-order valence-corrected chi connectivity index (χ3v) is 1.92. The molecule has 1 unspecified atom stereocenters. The molecule has 0 amide bonds. The first-order valence-electron chi connectivity index (χ1n) is 5.24. The Bertz CT molecular complexity index is 118. The lowest BCUT2D eigenvalue weighted by Gasteiger charge is -2.08. The highest BCUT2D eigenvalue weighted by Gasteiger charge is 2.03. The van der Waals surface area contributed by atoms with Crippen LogP contribution in [0.15, 0.2) is 0 Å². The molecule has 0 aromatic rings. The molecule has 0 saturated carbocycles. The molecule has 0 aromatic heterocycles. The van der Waals surface area contributed by atoms with Crippen LogP contribution in [0.2, 0.25) is 0 Å². The van der Waals surface area contributed by atoms with Gasteiger partial charge in [0.15, 0.2) is 0 Å². The molecule has 0 heterocycles. The second kappa shape index (κ2) is 14.0. The molecule has 78 valence electrons. The molecule has 2 nitrogen and oxygen atoms in total. The van der Waals surface area contributed by atoms with E-state index in [1.165, 1.54) is 19.3 Å². The van der Waals surface area contributed by atoms with Crippen LogP contribution in [0.1, 0.15) is 52.9 Å². The van der Waals surface area contributed by atoms with E-state index >= 15 is 0 Å². The molecule has 0 aromatic carbocycles. The highest BCUT2D eigenvalue weighted by Crippen LogP contribution is 2.15. The molecule has 0 bridgehead atoms. The minimum absolute atomic E-state index is 0.250. The highest BCUT2D eigenvalue weighted by molar-refractivity contribution is 4.74. The van der Waals surface area contributed by atoms with Crippen LogP contribution in [0.25, 0.3) is 0 Å². The van der Waals surface area contributed by atoms with Gasteiger partial charge in [-0.3, -0.25) is 0 Å². The van der Waals surface area contributed by atoms with Gasteiger partial charge in [0.1, 0.15) is 0 Å². The normalized spacial score (nSPS) is 11.0. The summed E-state index contributed by atoms with van der Waals surface area (Å²) in [5, 5.41) is 16.0. The van der Waals surface area contributed by atoms with Gasteiger partial charge in [-0.1, -0.05) is 33.1 Å². The van der Waals surface area contributed by atoms with Crippen molar-refractivity contribution in [2.75, 3.05) is 6.61 Å². The van der Waals surface area contributed by atoms with Gasteiger partial charge < -0.3 is 5.11 Å². The number of hydrogen-bond acceptors (Lipinski definition) is 2. The molecule has 0 radical (unpaired) electrons. The van der Waals surface area contributed by atoms with Crippen LogP contribution in [0.3, 0.4) is 0 Å². The number of nitrogens with zero attached hydrogens (tertiary/aromatic N) is 1. The fraction of sp³-hybridized carbons (Fsp3) is 0.909. The van der Waals surface area contributed by atoms with E-state index in [-0.39, 0.29) is 6.61 Å². The maximum atomic E-state index is 8.42. The lowest BCUT2D eigenvalue weighted by atomic mass is 9.97. The van der Waals surface area contributed by atoms with Gasteiger partial charge in [0.25, 0.3) is 0 Å². The summed E-state index contributed by atoms with van der Waals surface area (Å²) in [6, 6.07) is 2.23. The van der Waals surface area contributed by atoms with Crippen LogP contribution in [-0.2, 0) is 0 Å². The van der Waals surface area contributed by atoms with Crippen molar-refractivity contribution in [3.63, 3.8) is 0 Å². The van der Waals surface area contributed by atoms with Crippen molar-refractivity contribution in [1.82, 2.24) is 0 Å². The zero-order valence-corrected chi connectivity index (χ0v) is 9.21. The summed E-state index contributed by atoms with van der Waals surface area (Å²) >= 11 is 0. The SMILES string of the molecule is CCCCC(CC)CC#N.CCO. The van der Waals surface area contributed by atoms with Crippen molar-refractivity contribution in [1.29, 1.82) is 5.26 Å². The standard InChI is InChI=1S/C9H17N.C2H6O/c1-3-5-6-9(4-2)7-8-10;1-2-3/h9H,3-7H2,1-2H3;3H,2H2,1H3. The Hall–Kier alpha value is -0.550. The van der Waals surface area contributed by atoms with Crippen LogP contribution in [-0.4, -0.2) is 11.7 Å². The van der Waals surface area contributed by atoms with E-state index in [9.17, 15) is 0 Å². The van der Waals surface area contributed by atoms with Gasteiger partial charge in [0.2, 0.25) is 0 Å². The quantitative estimate of drug-likeness (QED) is 0.715. The lowest BCUT2D eigenvalue weighted by Crippen LogP contribution is -1.96. The average Bonchev–Trinajstić information content (AvgIpc) is 2.13. The van der Waals surface area contributed by atoms with Crippen molar-refractivity contribution in [3.8, 4) is 6.07 Å². The molecule has 2 heteroatoms. The van der Waals surface area contributed by atoms with Gasteiger partial charge in [-0.05, 0) is 19.3 Å². The van der Waals surface area contributed by atoms with E-state index in [0.29, 0.717) is 5.92 Å². The summed E-state index contributed by atoms with van der Waals surface area (Å²) in [6.45, 7) is 6.29. The number of unbranched alkanes of at least 4 members (excludes halogenated alkanes) is 1. The average molecular weight is 185 g/mol. The van der Waals surface area contributed by atoms with Crippen LogP contribution in [0.5, 0.6) is 0 Å². The molecule has 13 heavy (non-hydrogen) atoms. The number of hydrogen-bond donors (Lipinski definition) is 1. The predicted octanol–water partition coefficient (Wildman–Crippen LogP) is 3.12. The molecule has 0 saturated heterocycles. The molecule has 0 rings (SSSR count). The molecular formula is C11H23NO. The summed E-state index contributed by atoms with van der Waals surface area (Å²) in [4.78, 5) is 0. The molecule has 0 aliphatic heterocycles. The number of aliphatic hydroxyl groups excluding tert-OH is 1. The van der Waals surface area contributed by atoms with Gasteiger partial charge in [0.05, 0.1) is 6.07 Å². The van der Waals surface area contributed by atoms with E-state index in [4.69, 9.17) is 10.4 Å². The predicted molar refractivity (Wildman–Crippen MR) is 56.3 cm³/mol. The zero-order chi connectivity index (χ0) is 10.5. The van der Waals surface area contributed by atoms with Gasteiger partial charge in [-0.15, -0.1) is 0 Å². The first-order chi connectivity index (χ1) is 6.26. The van der Waals surface area contributed by atoms with Crippen molar-refractivity contribution < 1.29 is 5.11 Å². The van der Waals surface area contributed by atoms with Crippen LogP contribution >= 0.6 is 0 Å². The van der Waals surface area contributed by atoms with Crippen molar-refractivity contribution in [2.24, 2.45) is 5.92 Å². The maximum absolute atomic E-state index is 8.42. The van der Waals surface area contributed by atoms with Crippen molar-refractivity contribution in [2.45, 2.75) is 52.9 Å². The second-order valence-electron chi connectivity index (χ2n) is 3.09. The Labute approximate surface area is 82.6 Å². The van der Waals surface area contributed by atoms with Crippen LogP contribution < -0.4 is 0 Å². The molecule has 0 aliphatic rings. The second-order valence-corrected chi connectivity index (χ2v) is 3.09. The fourth-order valence-corrected chi connectivity index (χ4v) is 1.07. The minimum Gasteiger partial charge on any atom is -0.397 e. The fourth-order valence-electron chi connectivity index (χ4n) is 1.07. The third-order valence-electron chi connectivity index (χ3n) is 1.92.